The lowest BCUT2D eigenvalue weighted by molar-refractivity contribution is -0.134. The van der Waals surface area contributed by atoms with Crippen LogP contribution >= 0.6 is 0 Å². The van der Waals surface area contributed by atoms with Gasteiger partial charge in [0, 0.05) is 6.92 Å². The monoisotopic (exact) mass is 445 g/mol. The number of nitrogens with one attached hydrogen (secondary N) is 2. The molecular formula is C20H19N3O7S. The zero-order valence-electron chi connectivity index (χ0n) is 16.4. The Morgan fingerprint density at radius 2 is 1.94 bits per heavy atom. The van der Waals surface area contributed by atoms with Crippen molar-refractivity contribution in [2.45, 2.75) is 13.5 Å². The van der Waals surface area contributed by atoms with E-state index in [0.717, 1.165) is 9.87 Å². The van der Waals surface area contributed by atoms with Crippen molar-refractivity contribution in [1.82, 2.24) is 10.0 Å². The molecule has 0 unspecified atom stereocenters. The molecule has 162 valence electrons. The number of ether oxygens (including phenoxy) is 1. The van der Waals surface area contributed by atoms with E-state index < -0.39 is 34.5 Å². The Hall–Kier alpha value is -3.86. The highest BCUT2D eigenvalue weighted by Crippen LogP contribution is 2.33. The van der Waals surface area contributed by atoms with E-state index in [0.29, 0.717) is 5.56 Å². The van der Waals surface area contributed by atoms with Crippen molar-refractivity contribution in [3.63, 3.8) is 0 Å². The summed E-state index contributed by atoms with van der Waals surface area (Å²) < 4.78 is 33.1. The highest BCUT2D eigenvalue weighted by molar-refractivity contribution is 7.92. The van der Waals surface area contributed by atoms with Crippen LogP contribution in [-0.2, 0) is 31.2 Å². The highest BCUT2D eigenvalue weighted by atomic mass is 32.2. The summed E-state index contributed by atoms with van der Waals surface area (Å²) in [6.45, 7) is 0.871. The van der Waals surface area contributed by atoms with Crippen molar-refractivity contribution < 1.29 is 32.6 Å². The molecule has 0 aliphatic carbocycles. The number of amides is 2. The molecular weight excluding hydrogens is 426 g/mol. The number of carboxylic acids is 1. The van der Waals surface area contributed by atoms with E-state index in [1.165, 1.54) is 31.2 Å². The Kier molecular flexibility index (Phi) is 6.25. The number of carboxylic acid groups (broad SMARTS) is 1. The van der Waals surface area contributed by atoms with E-state index in [1.807, 2.05) is 35.1 Å². The first kappa shape index (κ1) is 21.8. The van der Waals surface area contributed by atoms with Crippen molar-refractivity contribution in [1.29, 1.82) is 0 Å². The fraction of sp³-hybridized carbons (Fsp3) is 0.150. The first-order chi connectivity index (χ1) is 14.7. The molecule has 31 heavy (non-hydrogen) atoms. The SMILES string of the molecule is CC(=O)NC(=Cc1ccc(N2CC(=O)NS2(=O)=O)c(OCc2ccccc2)c1)C(=O)O. The Morgan fingerprint density at radius 1 is 1.23 bits per heavy atom. The lowest BCUT2D eigenvalue weighted by Gasteiger charge is -2.19. The van der Waals surface area contributed by atoms with Crippen molar-refractivity contribution in [3.8, 4) is 5.75 Å². The summed E-state index contributed by atoms with van der Waals surface area (Å²) in [5.74, 6) is -2.47. The van der Waals surface area contributed by atoms with Crippen LogP contribution in [-0.4, -0.2) is 37.9 Å². The molecule has 0 aromatic heterocycles. The fourth-order valence-corrected chi connectivity index (χ4v) is 4.01. The highest BCUT2D eigenvalue weighted by Gasteiger charge is 2.35. The van der Waals surface area contributed by atoms with Crippen LogP contribution in [0.2, 0.25) is 0 Å². The molecule has 3 rings (SSSR count). The van der Waals surface area contributed by atoms with Crippen molar-refractivity contribution in [2.24, 2.45) is 0 Å². The first-order valence-electron chi connectivity index (χ1n) is 9.02. The summed E-state index contributed by atoms with van der Waals surface area (Å²) in [6, 6.07) is 13.4. The number of hydrogen-bond donors (Lipinski definition) is 3. The summed E-state index contributed by atoms with van der Waals surface area (Å²) in [5.41, 5.74) is 0.911. The largest absolute Gasteiger partial charge is 0.487 e. The molecule has 1 fully saturated rings. The van der Waals surface area contributed by atoms with Crippen LogP contribution in [0.15, 0.2) is 54.2 Å². The molecule has 0 saturated carbocycles. The Balaban J connectivity index is 2.01. The van der Waals surface area contributed by atoms with E-state index in [4.69, 9.17) is 4.74 Å². The lowest BCUT2D eigenvalue weighted by atomic mass is 10.1. The van der Waals surface area contributed by atoms with Gasteiger partial charge >= 0.3 is 16.2 Å². The molecule has 1 aliphatic rings. The van der Waals surface area contributed by atoms with Gasteiger partial charge in [0.15, 0.2) is 0 Å². The van der Waals surface area contributed by atoms with Crippen LogP contribution in [0.3, 0.4) is 0 Å². The minimum absolute atomic E-state index is 0.105. The second-order valence-corrected chi connectivity index (χ2v) is 8.18. The second-order valence-electron chi connectivity index (χ2n) is 6.58. The van der Waals surface area contributed by atoms with Gasteiger partial charge in [0.2, 0.25) is 5.91 Å². The minimum atomic E-state index is -4.07. The van der Waals surface area contributed by atoms with Gasteiger partial charge in [-0.1, -0.05) is 36.4 Å². The molecule has 1 aliphatic heterocycles. The number of nitrogens with zero attached hydrogens (tertiary/aromatic N) is 1. The molecule has 0 radical (unpaired) electrons. The number of benzene rings is 2. The second kappa shape index (κ2) is 8.88. The van der Waals surface area contributed by atoms with Crippen LogP contribution in [0, 0.1) is 0 Å². The maximum atomic E-state index is 12.3. The van der Waals surface area contributed by atoms with Gasteiger partial charge in [-0.05, 0) is 29.3 Å². The zero-order valence-corrected chi connectivity index (χ0v) is 17.2. The zero-order chi connectivity index (χ0) is 22.6. The number of carbonyl (C=O) groups is 3. The smallest absolute Gasteiger partial charge is 0.352 e. The predicted octanol–water partition coefficient (Wildman–Crippen LogP) is 1.01. The number of hydrogen-bond acceptors (Lipinski definition) is 6. The summed E-state index contributed by atoms with van der Waals surface area (Å²) in [7, 11) is -4.07. The van der Waals surface area contributed by atoms with Crippen molar-refractivity contribution in [3.05, 3.63) is 65.4 Å². The van der Waals surface area contributed by atoms with Gasteiger partial charge in [0.1, 0.15) is 24.6 Å². The average molecular weight is 445 g/mol. The fourth-order valence-electron chi connectivity index (χ4n) is 2.85. The van der Waals surface area contributed by atoms with Crippen molar-refractivity contribution >= 4 is 39.8 Å². The Morgan fingerprint density at radius 3 is 2.52 bits per heavy atom. The molecule has 2 aromatic carbocycles. The topological polar surface area (TPSA) is 142 Å². The summed E-state index contributed by atoms with van der Waals surface area (Å²) >= 11 is 0. The average Bonchev–Trinajstić information content (AvgIpc) is 2.98. The number of anilines is 1. The molecule has 0 atom stereocenters. The van der Waals surface area contributed by atoms with Gasteiger partial charge in [0.05, 0.1) is 5.69 Å². The van der Waals surface area contributed by atoms with Gasteiger partial charge in [-0.2, -0.15) is 8.42 Å². The summed E-state index contributed by atoms with van der Waals surface area (Å²) in [4.78, 5) is 34.3. The van der Waals surface area contributed by atoms with Gasteiger partial charge in [-0.15, -0.1) is 0 Å². The van der Waals surface area contributed by atoms with E-state index in [2.05, 4.69) is 5.32 Å². The third kappa shape index (κ3) is 5.39. The standard InChI is InChI=1S/C20H19N3O7S/c1-13(24)21-16(20(26)27)9-15-7-8-17(23-11-19(25)22-31(23,28)29)18(10-15)30-12-14-5-3-2-4-6-14/h2-10H,11-12H2,1H3,(H,21,24)(H,22,25)(H,26,27). The molecule has 0 spiro atoms. The molecule has 2 amide bonds. The quantitative estimate of drug-likeness (QED) is 0.540. The summed E-state index contributed by atoms with van der Waals surface area (Å²) in [5, 5.41) is 11.5. The van der Waals surface area contributed by atoms with Crippen LogP contribution in [0.1, 0.15) is 18.1 Å². The maximum Gasteiger partial charge on any atom is 0.352 e. The molecule has 2 aromatic rings. The third-order valence-electron chi connectivity index (χ3n) is 4.16. The Labute approximate surface area is 178 Å². The number of rotatable bonds is 7. The van der Waals surface area contributed by atoms with Crippen LogP contribution in [0.25, 0.3) is 6.08 Å². The van der Waals surface area contributed by atoms with Gasteiger partial charge in [-0.3, -0.25) is 9.59 Å². The Bertz CT molecular complexity index is 1160. The van der Waals surface area contributed by atoms with Gasteiger partial charge < -0.3 is 15.2 Å². The molecule has 1 saturated heterocycles. The van der Waals surface area contributed by atoms with Gasteiger partial charge in [0.25, 0.3) is 5.91 Å². The van der Waals surface area contributed by atoms with Crippen LogP contribution in [0.4, 0.5) is 5.69 Å². The predicted molar refractivity (Wildman–Crippen MR) is 111 cm³/mol. The molecule has 11 heteroatoms. The number of carbonyl (C=O) groups excluding carboxylic acids is 2. The summed E-state index contributed by atoms with van der Waals surface area (Å²) in [6.07, 6.45) is 1.21. The minimum Gasteiger partial charge on any atom is -0.487 e. The maximum absolute atomic E-state index is 12.3. The third-order valence-corrected chi connectivity index (χ3v) is 5.55. The molecule has 10 nitrogen and oxygen atoms in total. The van der Waals surface area contributed by atoms with E-state index in [-0.39, 0.29) is 23.7 Å². The van der Waals surface area contributed by atoms with Crippen molar-refractivity contribution in [2.75, 3.05) is 10.8 Å². The van der Waals surface area contributed by atoms with Crippen LogP contribution in [0.5, 0.6) is 5.75 Å². The lowest BCUT2D eigenvalue weighted by Crippen LogP contribution is -2.29. The normalized spacial score (nSPS) is 15.3. The van der Waals surface area contributed by atoms with E-state index >= 15 is 0 Å². The van der Waals surface area contributed by atoms with Gasteiger partial charge in [-0.25, -0.2) is 13.8 Å². The number of aliphatic carboxylic acids is 1. The van der Waals surface area contributed by atoms with Crippen LogP contribution < -0.4 is 19.1 Å². The van der Waals surface area contributed by atoms with E-state index in [9.17, 15) is 27.9 Å². The molecule has 1 heterocycles. The molecule has 0 bridgehead atoms. The van der Waals surface area contributed by atoms with E-state index in [1.54, 1.807) is 0 Å². The first-order valence-corrected chi connectivity index (χ1v) is 10.5. The molecule has 3 N–H and O–H groups in total.